The Kier molecular flexibility index (Phi) is 5.45. The zero-order valence-corrected chi connectivity index (χ0v) is 25.5. The summed E-state index contributed by atoms with van der Waals surface area (Å²) >= 11 is 1.80. The van der Waals surface area contributed by atoms with Crippen molar-refractivity contribution in [2.75, 3.05) is 0 Å². The first-order valence-electron chi connectivity index (χ1n) is 15.5. The molecule has 3 nitrogen and oxygen atoms in total. The first-order chi connectivity index (χ1) is 22.8. The minimum Gasteiger partial charge on any atom is -0.278 e. The maximum Gasteiger partial charge on any atom is 0.235 e. The van der Waals surface area contributed by atoms with Crippen molar-refractivity contribution < 1.29 is 0 Å². The van der Waals surface area contributed by atoms with E-state index >= 15 is 0 Å². The van der Waals surface area contributed by atoms with E-state index in [1.165, 1.54) is 48.1 Å². The molecular formula is C42H25N3S. The van der Waals surface area contributed by atoms with Crippen LogP contribution < -0.4 is 0 Å². The molecule has 4 heteroatoms. The molecule has 3 aromatic heterocycles. The summed E-state index contributed by atoms with van der Waals surface area (Å²) in [6, 6.07) is 54.0. The first-order valence-corrected chi connectivity index (χ1v) is 16.3. The molecule has 10 aromatic rings. The average Bonchev–Trinajstić information content (AvgIpc) is 3.68. The zero-order valence-electron chi connectivity index (χ0n) is 24.7. The Morgan fingerprint density at radius 2 is 1.11 bits per heavy atom. The quantitative estimate of drug-likeness (QED) is 0.201. The molecule has 0 amide bonds. The summed E-state index contributed by atoms with van der Waals surface area (Å²) in [5, 5.41) is 8.53. The Morgan fingerprint density at radius 1 is 0.457 bits per heavy atom. The molecule has 0 N–H and O–H groups in total. The van der Waals surface area contributed by atoms with E-state index in [4.69, 9.17) is 9.97 Å². The molecule has 46 heavy (non-hydrogen) atoms. The van der Waals surface area contributed by atoms with Gasteiger partial charge in [-0.3, -0.25) is 4.57 Å². The van der Waals surface area contributed by atoms with Crippen LogP contribution in [0.15, 0.2) is 152 Å². The molecule has 7 aromatic carbocycles. The SMILES string of the molecule is c1ccc(-c2cc3c4nc(-n5c6ccccc6c6c7ccccc7ccc65)nc(-c5ccccc5)c4sc3c3ccccc23)cc1. The Morgan fingerprint density at radius 3 is 1.91 bits per heavy atom. The van der Waals surface area contributed by atoms with Gasteiger partial charge in [0.15, 0.2) is 0 Å². The van der Waals surface area contributed by atoms with Crippen LogP contribution >= 0.6 is 11.3 Å². The van der Waals surface area contributed by atoms with E-state index in [9.17, 15) is 0 Å². The predicted molar refractivity (Wildman–Crippen MR) is 195 cm³/mol. The van der Waals surface area contributed by atoms with Crippen molar-refractivity contribution >= 4 is 75.0 Å². The summed E-state index contributed by atoms with van der Waals surface area (Å²) in [7, 11) is 0. The highest BCUT2D eigenvalue weighted by molar-refractivity contribution is 7.27. The summed E-state index contributed by atoms with van der Waals surface area (Å²) < 4.78 is 4.60. The van der Waals surface area contributed by atoms with Crippen LogP contribution in [-0.2, 0) is 0 Å². The van der Waals surface area contributed by atoms with Gasteiger partial charge in [0.25, 0.3) is 0 Å². The van der Waals surface area contributed by atoms with Crippen LogP contribution in [0.5, 0.6) is 0 Å². The molecule has 214 valence electrons. The molecule has 0 atom stereocenters. The topological polar surface area (TPSA) is 30.7 Å². The van der Waals surface area contributed by atoms with E-state index in [1.54, 1.807) is 11.3 Å². The van der Waals surface area contributed by atoms with Crippen LogP contribution in [-0.4, -0.2) is 14.5 Å². The van der Waals surface area contributed by atoms with Crippen LogP contribution in [0.1, 0.15) is 0 Å². The van der Waals surface area contributed by atoms with E-state index in [0.717, 1.165) is 37.9 Å². The van der Waals surface area contributed by atoms with Gasteiger partial charge in [0.1, 0.15) is 0 Å². The summed E-state index contributed by atoms with van der Waals surface area (Å²) in [6.45, 7) is 0. The largest absolute Gasteiger partial charge is 0.278 e. The summed E-state index contributed by atoms with van der Waals surface area (Å²) in [5.74, 6) is 0.682. The van der Waals surface area contributed by atoms with Gasteiger partial charge in [-0.1, -0.05) is 133 Å². The van der Waals surface area contributed by atoms with Gasteiger partial charge >= 0.3 is 0 Å². The lowest BCUT2D eigenvalue weighted by Crippen LogP contribution is -2.02. The lowest BCUT2D eigenvalue weighted by atomic mass is 9.96. The predicted octanol–water partition coefficient (Wildman–Crippen LogP) is 11.6. The number of hydrogen-bond acceptors (Lipinski definition) is 3. The van der Waals surface area contributed by atoms with Crippen molar-refractivity contribution in [1.82, 2.24) is 14.5 Å². The second kappa shape index (κ2) is 9.83. The summed E-state index contributed by atoms with van der Waals surface area (Å²) in [6.07, 6.45) is 0. The number of rotatable bonds is 3. The number of benzene rings is 7. The zero-order chi connectivity index (χ0) is 30.2. The maximum absolute atomic E-state index is 5.48. The lowest BCUT2D eigenvalue weighted by molar-refractivity contribution is 1.02. The Bertz CT molecular complexity index is 2790. The van der Waals surface area contributed by atoms with E-state index < -0.39 is 0 Å². The van der Waals surface area contributed by atoms with Crippen LogP contribution in [0, 0.1) is 0 Å². The number of aromatic nitrogens is 3. The standard InChI is InChI=1S/C42H25N3S/c1-3-13-26(14-4-1)33-25-34-39-41(46-40(34)31-20-10-9-19-30(31)33)38(28-16-5-2-6-17-28)43-42(44-39)45-35-22-12-11-21-32(35)37-29-18-8-7-15-27(29)23-24-36(37)45/h1-25H. The summed E-state index contributed by atoms with van der Waals surface area (Å²) in [4.78, 5) is 10.9. The monoisotopic (exact) mass is 603 g/mol. The normalized spacial score (nSPS) is 11.9. The van der Waals surface area contributed by atoms with E-state index in [2.05, 4.69) is 156 Å². The Hall–Kier alpha value is -5.84. The van der Waals surface area contributed by atoms with E-state index in [1.807, 2.05) is 0 Å². The van der Waals surface area contributed by atoms with Crippen molar-refractivity contribution in [3.63, 3.8) is 0 Å². The van der Waals surface area contributed by atoms with E-state index in [-0.39, 0.29) is 0 Å². The molecule has 0 radical (unpaired) electrons. The van der Waals surface area contributed by atoms with Gasteiger partial charge < -0.3 is 0 Å². The number of hydrogen-bond donors (Lipinski definition) is 0. The minimum absolute atomic E-state index is 0.682. The third-order valence-corrected chi connectivity index (χ3v) is 10.4. The Balaban J connectivity index is 1.38. The van der Waals surface area contributed by atoms with Gasteiger partial charge in [0.05, 0.1) is 26.9 Å². The molecule has 0 aliphatic heterocycles. The van der Waals surface area contributed by atoms with Crippen molar-refractivity contribution in [1.29, 1.82) is 0 Å². The van der Waals surface area contributed by atoms with E-state index in [0.29, 0.717) is 5.95 Å². The number of thiophene rings is 1. The lowest BCUT2D eigenvalue weighted by Gasteiger charge is -2.11. The van der Waals surface area contributed by atoms with Crippen LogP contribution in [0.25, 0.3) is 92.0 Å². The van der Waals surface area contributed by atoms with Crippen molar-refractivity contribution in [3.05, 3.63) is 152 Å². The number of para-hydroxylation sites is 1. The van der Waals surface area contributed by atoms with Gasteiger partial charge in [-0.15, -0.1) is 11.3 Å². The minimum atomic E-state index is 0.682. The number of nitrogens with zero attached hydrogens (tertiary/aromatic N) is 3. The van der Waals surface area contributed by atoms with Crippen LogP contribution in [0.3, 0.4) is 0 Å². The average molecular weight is 604 g/mol. The van der Waals surface area contributed by atoms with Gasteiger partial charge in [-0.05, 0) is 45.5 Å². The number of fused-ring (bicyclic) bond motifs is 10. The van der Waals surface area contributed by atoms with Gasteiger partial charge in [0.2, 0.25) is 5.95 Å². The maximum atomic E-state index is 5.48. The second-order valence-corrected chi connectivity index (χ2v) is 12.8. The highest BCUT2D eigenvalue weighted by atomic mass is 32.1. The molecule has 0 aliphatic rings. The van der Waals surface area contributed by atoms with Gasteiger partial charge in [-0.2, -0.15) is 0 Å². The molecule has 0 spiro atoms. The summed E-state index contributed by atoms with van der Waals surface area (Å²) in [5.41, 5.74) is 7.65. The molecule has 0 saturated carbocycles. The van der Waals surface area contributed by atoms with Gasteiger partial charge in [0, 0.05) is 31.8 Å². The molecule has 0 fully saturated rings. The van der Waals surface area contributed by atoms with Gasteiger partial charge in [-0.25, -0.2) is 9.97 Å². The molecule has 3 heterocycles. The third-order valence-electron chi connectivity index (χ3n) is 9.20. The molecule has 10 rings (SSSR count). The molecule has 0 unspecified atom stereocenters. The van der Waals surface area contributed by atoms with Crippen molar-refractivity contribution in [2.24, 2.45) is 0 Å². The van der Waals surface area contributed by atoms with Crippen molar-refractivity contribution in [2.45, 2.75) is 0 Å². The van der Waals surface area contributed by atoms with Crippen LogP contribution in [0.4, 0.5) is 0 Å². The fourth-order valence-electron chi connectivity index (χ4n) is 7.16. The second-order valence-electron chi connectivity index (χ2n) is 11.8. The Labute approximate surface area is 268 Å². The molecule has 0 saturated heterocycles. The molecule has 0 aliphatic carbocycles. The van der Waals surface area contributed by atoms with Crippen LogP contribution in [0.2, 0.25) is 0 Å². The fourth-order valence-corrected chi connectivity index (χ4v) is 8.43. The fraction of sp³-hybridized carbons (Fsp3) is 0. The first kappa shape index (κ1) is 25.5. The third kappa shape index (κ3) is 3.65. The highest BCUT2D eigenvalue weighted by Crippen LogP contribution is 2.45. The molecule has 0 bridgehead atoms. The van der Waals surface area contributed by atoms with Crippen molar-refractivity contribution in [3.8, 4) is 28.3 Å². The highest BCUT2D eigenvalue weighted by Gasteiger charge is 2.22. The molecular weight excluding hydrogens is 579 g/mol. The smallest absolute Gasteiger partial charge is 0.235 e.